The van der Waals surface area contributed by atoms with Crippen LogP contribution in [-0.2, 0) is 16.0 Å². The first-order valence-electron chi connectivity index (χ1n) is 6.18. The summed E-state index contributed by atoms with van der Waals surface area (Å²) < 4.78 is 4.96. The first-order valence-corrected chi connectivity index (χ1v) is 6.18. The third-order valence-corrected chi connectivity index (χ3v) is 2.83. The minimum absolute atomic E-state index is 0.0186. The summed E-state index contributed by atoms with van der Waals surface area (Å²) in [7, 11) is 3.44. The zero-order chi connectivity index (χ0) is 13.4. The molecule has 18 heavy (non-hydrogen) atoms. The first-order chi connectivity index (χ1) is 8.65. The number of hydrogen-bond donors (Lipinski definition) is 1. The molecule has 0 unspecified atom stereocenters. The van der Waals surface area contributed by atoms with Crippen LogP contribution in [0.5, 0.6) is 0 Å². The van der Waals surface area contributed by atoms with Crippen molar-refractivity contribution in [2.24, 2.45) is 5.73 Å². The van der Waals surface area contributed by atoms with E-state index >= 15 is 0 Å². The normalized spacial score (nSPS) is 12.2. The Morgan fingerprint density at radius 1 is 1.39 bits per heavy atom. The molecule has 1 aromatic carbocycles. The van der Waals surface area contributed by atoms with E-state index < -0.39 is 6.04 Å². The Morgan fingerprint density at radius 3 is 2.67 bits per heavy atom. The fourth-order valence-corrected chi connectivity index (χ4v) is 1.79. The number of rotatable bonds is 7. The molecule has 0 spiro atoms. The number of nitrogens with zero attached hydrogens (tertiary/aromatic N) is 1. The van der Waals surface area contributed by atoms with E-state index in [1.54, 1.807) is 19.1 Å². The van der Waals surface area contributed by atoms with Crippen LogP contribution in [0.3, 0.4) is 0 Å². The highest BCUT2D eigenvalue weighted by atomic mass is 16.5. The molecule has 1 rings (SSSR count). The van der Waals surface area contributed by atoms with E-state index in [1.807, 2.05) is 30.3 Å². The summed E-state index contributed by atoms with van der Waals surface area (Å²) in [4.78, 5) is 13.7. The zero-order valence-electron chi connectivity index (χ0n) is 11.1. The lowest BCUT2D eigenvalue weighted by molar-refractivity contribution is -0.131. The lowest BCUT2D eigenvalue weighted by atomic mass is 10.1. The van der Waals surface area contributed by atoms with Gasteiger partial charge in [0.05, 0.1) is 6.04 Å². The summed E-state index contributed by atoms with van der Waals surface area (Å²) in [6.45, 7) is 1.33. The largest absolute Gasteiger partial charge is 0.385 e. The average molecular weight is 250 g/mol. The van der Waals surface area contributed by atoms with Crippen LogP contribution >= 0.6 is 0 Å². The molecule has 2 N–H and O–H groups in total. The van der Waals surface area contributed by atoms with Crippen molar-refractivity contribution in [3.8, 4) is 0 Å². The van der Waals surface area contributed by atoms with Crippen molar-refractivity contribution in [1.29, 1.82) is 0 Å². The van der Waals surface area contributed by atoms with Gasteiger partial charge >= 0.3 is 0 Å². The van der Waals surface area contributed by atoms with Gasteiger partial charge in [0.15, 0.2) is 0 Å². The van der Waals surface area contributed by atoms with Gasteiger partial charge in [-0.3, -0.25) is 4.79 Å². The van der Waals surface area contributed by atoms with Crippen molar-refractivity contribution in [1.82, 2.24) is 4.90 Å². The number of likely N-dealkylation sites (N-methyl/N-ethyl adjacent to an activating group) is 1. The highest BCUT2D eigenvalue weighted by Gasteiger charge is 2.17. The molecule has 0 aromatic heterocycles. The molecule has 0 saturated heterocycles. The van der Waals surface area contributed by atoms with E-state index in [0.29, 0.717) is 19.6 Å². The van der Waals surface area contributed by atoms with Gasteiger partial charge in [-0.05, 0) is 18.4 Å². The smallest absolute Gasteiger partial charge is 0.239 e. The van der Waals surface area contributed by atoms with Crippen LogP contribution in [0.25, 0.3) is 0 Å². The highest BCUT2D eigenvalue weighted by Crippen LogP contribution is 2.04. The van der Waals surface area contributed by atoms with Gasteiger partial charge in [-0.1, -0.05) is 30.3 Å². The van der Waals surface area contributed by atoms with Gasteiger partial charge in [-0.2, -0.15) is 0 Å². The summed E-state index contributed by atoms with van der Waals surface area (Å²) in [5.74, 6) is -0.0186. The second-order valence-electron chi connectivity index (χ2n) is 4.40. The number of hydrogen-bond acceptors (Lipinski definition) is 3. The van der Waals surface area contributed by atoms with Gasteiger partial charge in [0, 0.05) is 27.3 Å². The first kappa shape index (κ1) is 14.7. The molecule has 0 aliphatic heterocycles. The number of carbonyl (C=O) groups excluding carboxylic acids is 1. The van der Waals surface area contributed by atoms with Gasteiger partial charge in [-0.25, -0.2) is 0 Å². The topological polar surface area (TPSA) is 55.6 Å². The Labute approximate surface area is 109 Å². The number of nitrogens with two attached hydrogens (primary N) is 1. The summed E-state index contributed by atoms with van der Waals surface area (Å²) in [5.41, 5.74) is 7.02. The van der Waals surface area contributed by atoms with E-state index in [2.05, 4.69) is 0 Å². The number of methoxy groups -OCH3 is 1. The van der Waals surface area contributed by atoms with Crippen molar-refractivity contribution in [3.05, 3.63) is 35.9 Å². The van der Waals surface area contributed by atoms with Crippen LogP contribution in [-0.4, -0.2) is 44.2 Å². The Balaban J connectivity index is 2.41. The van der Waals surface area contributed by atoms with Gasteiger partial charge in [0.2, 0.25) is 5.91 Å². The predicted octanol–water partition coefficient (Wildman–Crippen LogP) is 1.05. The summed E-state index contributed by atoms with van der Waals surface area (Å²) in [6.07, 6.45) is 1.41. The lowest BCUT2D eigenvalue weighted by Gasteiger charge is -2.21. The second kappa shape index (κ2) is 7.84. The quantitative estimate of drug-likeness (QED) is 0.736. The molecule has 0 radical (unpaired) electrons. The minimum Gasteiger partial charge on any atom is -0.385 e. The van der Waals surface area contributed by atoms with Crippen molar-refractivity contribution >= 4 is 5.91 Å². The molecule has 0 fully saturated rings. The van der Waals surface area contributed by atoms with E-state index in [1.165, 1.54) is 0 Å². The molecule has 4 nitrogen and oxygen atoms in total. The zero-order valence-corrected chi connectivity index (χ0v) is 11.1. The number of carbonyl (C=O) groups is 1. The SMILES string of the molecule is COCCCN(C)C(=O)[C@H](N)Cc1ccccc1. The standard InChI is InChI=1S/C14H22N2O2/c1-16(9-6-10-18-2)14(17)13(15)11-12-7-4-3-5-8-12/h3-5,7-8,13H,6,9-11,15H2,1-2H3/t13-/m1/s1. The second-order valence-corrected chi connectivity index (χ2v) is 4.40. The molecule has 1 amide bonds. The lowest BCUT2D eigenvalue weighted by Crippen LogP contribution is -2.43. The molecule has 0 saturated carbocycles. The van der Waals surface area contributed by atoms with Crippen LogP contribution < -0.4 is 5.73 Å². The van der Waals surface area contributed by atoms with Crippen molar-refractivity contribution in [2.45, 2.75) is 18.9 Å². The van der Waals surface area contributed by atoms with Crippen molar-refractivity contribution in [3.63, 3.8) is 0 Å². The number of benzene rings is 1. The maximum atomic E-state index is 12.0. The molecular weight excluding hydrogens is 228 g/mol. The third kappa shape index (κ3) is 4.85. The highest BCUT2D eigenvalue weighted by molar-refractivity contribution is 5.81. The average Bonchev–Trinajstić information content (AvgIpc) is 2.39. The van der Waals surface area contributed by atoms with Crippen molar-refractivity contribution in [2.75, 3.05) is 27.3 Å². The molecule has 0 aliphatic carbocycles. The molecule has 0 aliphatic rings. The van der Waals surface area contributed by atoms with Gasteiger partial charge in [0.1, 0.15) is 0 Å². The fraction of sp³-hybridized carbons (Fsp3) is 0.500. The minimum atomic E-state index is -0.472. The molecule has 4 heteroatoms. The van der Waals surface area contributed by atoms with E-state index in [-0.39, 0.29) is 5.91 Å². The summed E-state index contributed by atoms with van der Waals surface area (Å²) in [6, 6.07) is 9.35. The molecule has 0 heterocycles. The Kier molecular flexibility index (Phi) is 6.39. The molecule has 1 atom stereocenters. The fourth-order valence-electron chi connectivity index (χ4n) is 1.79. The third-order valence-electron chi connectivity index (χ3n) is 2.83. The maximum Gasteiger partial charge on any atom is 0.239 e. The summed E-state index contributed by atoms with van der Waals surface area (Å²) >= 11 is 0. The van der Waals surface area contributed by atoms with Crippen LogP contribution in [0.1, 0.15) is 12.0 Å². The Bertz CT molecular complexity index is 354. The van der Waals surface area contributed by atoms with E-state index in [4.69, 9.17) is 10.5 Å². The van der Waals surface area contributed by atoms with E-state index in [9.17, 15) is 4.79 Å². The van der Waals surface area contributed by atoms with Crippen LogP contribution in [0.2, 0.25) is 0 Å². The van der Waals surface area contributed by atoms with Crippen molar-refractivity contribution < 1.29 is 9.53 Å². The molecule has 0 bridgehead atoms. The molecular formula is C14H22N2O2. The number of ether oxygens (including phenoxy) is 1. The van der Waals surface area contributed by atoms with Gasteiger partial charge in [-0.15, -0.1) is 0 Å². The maximum absolute atomic E-state index is 12.0. The van der Waals surface area contributed by atoms with Crippen LogP contribution in [0.4, 0.5) is 0 Å². The van der Waals surface area contributed by atoms with Gasteiger partial charge < -0.3 is 15.4 Å². The number of amides is 1. The Morgan fingerprint density at radius 2 is 2.06 bits per heavy atom. The van der Waals surface area contributed by atoms with E-state index in [0.717, 1.165) is 12.0 Å². The van der Waals surface area contributed by atoms with Crippen LogP contribution in [0, 0.1) is 0 Å². The molecule has 100 valence electrons. The summed E-state index contributed by atoms with van der Waals surface area (Å²) in [5, 5.41) is 0. The molecule has 1 aromatic rings. The predicted molar refractivity (Wildman–Crippen MR) is 72.3 cm³/mol. The van der Waals surface area contributed by atoms with Crippen LogP contribution in [0.15, 0.2) is 30.3 Å². The van der Waals surface area contributed by atoms with Gasteiger partial charge in [0.25, 0.3) is 0 Å². The Hall–Kier alpha value is -1.39. The monoisotopic (exact) mass is 250 g/mol.